The first-order valence-electron chi connectivity index (χ1n) is 8.63. The predicted molar refractivity (Wildman–Crippen MR) is 89.1 cm³/mol. The smallest absolute Gasteiger partial charge is 0.317 e. The molecule has 0 aliphatic carbocycles. The van der Waals surface area contributed by atoms with Crippen LogP contribution in [0, 0.1) is 0 Å². The first kappa shape index (κ1) is 15.3. The molecule has 0 spiro atoms. The van der Waals surface area contributed by atoms with Crippen LogP contribution in [0.4, 0.5) is 4.79 Å². The largest absolute Gasteiger partial charge is 0.337 e. The number of hydrogen-bond acceptors (Lipinski definition) is 2. The molecule has 4 heteroatoms. The van der Waals surface area contributed by atoms with E-state index in [1.807, 2.05) is 4.90 Å². The summed E-state index contributed by atoms with van der Waals surface area (Å²) in [5, 5.41) is 3.07. The first-order chi connectivity index (χ1) is 10.8. The van der Waals surface area contributed by atoms with Gasteiger partial charge in [0.05, 0.1) is 0 Å². The van der Waals surface area contributed by atoms with Crippen LogP contribution in [0.3, 0.4) is 0 Å². The second-order valence-electron chi connectivity index (χ2n) is 6.48. The molecule has 0 unspecified atom stereocenters. The van der Waals surface area contributed by atoms with Crippen molar-refractivity contribution in [2.24, 2.45) is 0 Å². The van der Waals surface area contributed by atoms with Crippen molar-refractivity contribution in [3.63, 3.8) is 0 Å². The van der Waals surface area contributed by atoms with Crippen LogP contribution < -0.4 is 5.32 Å². The normalized spacial score (nSPS) is 22.7. The summed E-state index contributed by atoms with van der Waals surface area (Å²) in [6, 6.07) is 10.9. The highest BCUT2D eigenvalue weighted by molar-refractivity contribution is 5.74. The van der Waals surface area contributed by atoms with Crippen molar-refractivity contribution in [2.75, 3.05) is 39.3 Å². The Morgan fingerprint density at radius 1 is 1.09 bits per heavy atom. The lowest BCUT2D eigenvalue weighted by Gasteiger charge is -2.33. The molecule has 0 radical (unpaired) electrons. The number of urea groups is 1. The lowest BCUT2D eigenvalue weighted by molar-refractivity contribution is 0.194. The third-order valence-corrected chi connectivity index (χ3v) is 4.87. The Morgan fingerprint density at radius 2 is 1.86 bits per heavy atom. The van der Waals surface area contributed by atoms with Gasteiger partial charge < -0.3 is 15.1 Å². The SMILES string of the molecule is O=C(NCCN1CCC[C@H](c2ccccc2)C1)N1CCCC1. The van der Waals surface area contributed by atoms with Gasteiger partial charge in [0.1, 0.15) is 0 Å². The van der Waals surface area contributed by atoms with Gasteiger partial charge >= 0.3 is 6.03 Å². The fourth-order valence-corrected chi connectivity index (χ4v) is 3.61. The number of benzene rings is 1. The number of carbonyl (C=O) groups excluding carboxylic acids is 1. The summed E-state index contributed by atoms with van der Waals surface area (Å²) in [4.78, 5) is 16.4. The van der Waals surface area contributed by atoms with Crippen molar-refractivity contribution >= 4 is 6.03 Å². The molecular weight excluding hydrogens is 274 g/mol. The summed E-state index contributed by atoms with van der Waals surface area (Å²) in [5.74, 6) is 0.643. The molecule has 2 amide bonds. The maximum absolute atomic E-state index is 12.0. The Kier molecular flexibility index (Phi) is 5.33. The van der Waals surface area contributed by atoms with E-state index in [0.29, 0.717) is 5.92 Å². The molecule has 2 aliphatic heterocycles. The molecule has 1 aromatic carbocycles. The number of carbonyl (C=O) groups is 1. The van der Waals surface area contributed by atoms with E-state index in [2.05, 4.69) is 40.5 Å². The minimum atomic E-state index is 0.120. The molecule has 1 atom stereocenters. The lowest BCUT2D eigenvalue weighted by Crippen LogP contribution is -2.43. The molecule has 0 aromatic heterocycles. The highest BCUT2D eigenvalue weighted by Gasteiger charge is 2.21. The fraction of sp³-hybridized carbons (Fsp3) is 0.611. The van der Waals surface area contributed by atoms with Crippen molar-refractivity contribution < 1.29 is 4.79 Å². The topological polar surface area (TPSA) is 35.6 Å². The zero-order valence-corrected chi connectivity index (χ0v) is 13.3. The third kappa shape index (κ3) is 4.01. The molecule has 2 aliphatic rings. The van der Waals surface area contributed by atoms with E-state index in [0.717, 1.165) is 52.1 Å². The van der Waals surface area contributed by atoms with Gasteiger partial charge in [-0.1, -0.05) is 30.3 Å². The van der Waals surface area contributed by atoms with Crippen LogP contribution in [0.1, 0.15) is 37.2 Å². The second-order valence-corrected chi connectivity index (χ2v) is 6.48. The Morgan fingerprint density at radius 3 is 2.64 bits per heavy atom. The van der Waals surface area contributed by atoms with Gasteiger partial charge in [-0.3, -0.25) is 0 Å². The molecule has 2 saturated heterocycles. The van der Waals surface area contributed by atoms with Crippen LogP contribution in [0.25, 0.3) is 0 Å². The summed E-state index contributed by atoms with van der Waals surface area (Å²) in [7, 11) is 0. The number of nitrogens with zero attached hydrogens (tertiary/aromatic N) is 2. The van der Waals surface area contributed by atoms with Crippen LogP contribution in [0.2, 0.25) is 0 Å². The average Bonchev–Trinajstić information content (AvgIpc) is 3.10. The maximum atomic E-state index is 12.0. The van der Waals surface area contributed by atoms with E-state index in [1.165, 1.54) is 18.4 Å². The molecule has 2 heterocycles. The van der Waals surface area contributed by atoms with Gasteiger partial charge in [-0.25, -0.2) is 4.79 Å². The summed E-state index contributed by atoms with van der Waals surface area (Å²) >= 11 is 0. The zero-order valence-electron chi connectivity index (χ0n) is 13.3. The lowest BCUT2D eigenvalue weighted by atomic mass is 9.91. The molecule has 3 rings (SSSR count). The minimum Gasteiger partial charge on any atom is -0.337 e. The van der Waals surface area contributed by atoms with Crippen molar-refractivity contribution in [3.05, 3.63) is 35.9 Å². The average molecular weight is 301 g/mol. The standard InChI is InChI=1S/C18H27N3O/c22-18(21-12-4-5-13-21)19-10-14-20-11-6-9-17(15-20)16-7-2-1-3-8-16/h1-3,7-8,17H,4-6,9-15H2,(H,19,22)/t17-/m0/s1. The van der Waals surface area contributed by atoms with Gasteiger partial charge in [0.2, 0.25) is 0 Å². The summed E-state index contributed by atoms with van der Waals surface area (Å²) in [6.45, 7) is 5.84. The second kappa shape index (κ2) is 7.63. The summed E-state index contributed by atoms with van der Waals surface area (Å²) in [5.41, 5.74) is 1.45. The van der Waals surface area contributed by atoms with Crippen LogP contribution >= 0.6 is 0 Å². The van der Waals surface area contributed by atoms with E-state index in [4.69, 9.17) is 0 Å². The van der Waals surface area contributed by atoms with E-state index in [1.54, 1.807) is 0 Å². The van der Waals surface area contributed by atoms with Crippen molar-refractivity contribution in [3.8, 4) is 0 Å². The van der Waals surface area contributed by atoms with Gasteiger partial charge in [-0.15, -0.1) is 0 Å². The van der Waals surface area contributed by atoms with Crippen LogP contribution in [-0.2, 0) is 0 Å². The molecule has 0 bridgehead atoms. The quantitative estimate of drug-likeness (QED) is 0.928. The summed E-state index contributed by atoms with van der Waals surface area (Å²) < 4.78 is 0. The molecule has 1 N–H and O–H groups in total. The highest BCUT2D eigenvalue weighted by Crippen LogP contribution is 2.26. The van der Waals surface area contributed by atoms with Crippen LogP contribution in [-0.4, -0.2) is 55.1 Å². The Balaban J connectivity index is 1.42. The Hall–Kier alpha value is -1.55. The predicted octanol–water partition coefficient (Wildman–Crippen LogP) is 2.67. The van der Waals surface area contributed by atoms with Crippen LogP contribution in [0.5, 0.6) is 0 Å². The van der Waals surface area contributed by atoms with Crippen molar-refractivity contribution in [2.45, 2.75) is 31.6 Å². The number of amides is 2. The minimum absolute atomic E-state index is 0.120. The Bertz CT molecular complexity index is 470. The monoisotopic (exact) mass is 301 g/mol. The maximum Gasteiger partial charge on any atom is 0.317 e. The van der Waals surface area contributed by atoms with Crippen LogP contribution in [0.15, 0.2) is 30.3 Å². The molecule has 22 heavy (non-hydrogen) atoms. The van der Waals surface area contributed by atoms with E-state index >= 15 is 0 Å². The van der Waals surface area contributed by atoms with Crippen molar-refractivity contribution in [1.29, 1.82) is 0 Å². The highest BCUT2D eigenvalue weighted by atomic mass is 16.2. The molecule has 4 nitrogen and oxygen atoms in total. The van der Waals surface area contributed by atoms with E-state index < -0.39 is 0 Å². The van der Waals surface area contributed by atoms with Crippen molar-refractivity contribution in [1.82, 2.24) is 15.1 Å². The van der Waals surface area contributed by atoms with E-state index in [-0.39, 0.29) is 6.03 Å². The number of likely N-dealkylation sites (tertiary alicyclic amines) is 2. The molecule has 2 fully saturated rings. The number of piperidine rings is 1. The third-order valence-electron chi connectivity index (χ3n) is 4.87. The zero-order chi connectivity index (χ0) is 15.2. The number of rotatable bonds is 4. The summed E-state index contributed by atoms with van der Waals surface area (Å²) in [6.07, 6.45) is 4.83. The Labute approximate surface area is 133 Å². The van der Waals surface area contributed by atoms with Gasteiger partial charge in [-0.05, 0) is 43.7 Å². The molecular formula is C18H27N3O. The fourth-order valence-electron chi connectivity index (χ4n) is 3.61. The molecule has 1 aromatic rings. The molecule has 0 saturated carbocycles. The number of nitrogens with one attached hydrogen (secondary N) is 1. The van der Waals surface area contributed by atoms with Gasteiger partial charge in [-0.2, -0.15) is 0 Å². The number of hydrogen-bond donors (Lipinski definition) is 1. The first-order valence-corrected chi connectivity index (χ1v) is 8.63. The van der Waals surface area contributed by atoms with E-state index in [9.17, 15) is 4.79 Å². The molecule has 120 valence electrons. The van der Waals surface area contributed by atoms with Gasteiger partial charge in [0, 0.05) is 32.7 Å². The van der Waals surface area contributed by atoms with Gasteiger partial charge in [0.25, 0.3) is 0 Å². The van der Waals surface area contributed by atoms with Gasteiger partial charge in [0.15, 0.2) is 0 Å².